The van der Waals surface area contributed by atoms with E-state index in [1.165, 1.54) is 38.5 Å². The topological polar surface area (TPSA) is 68.3 Å². The summed E-state index contributed by atoms with van der Waals surface area (Å²) in [6.45, 7) is 13.9. The fourth-order valence-corrected chi connectivity index (χ4v) is 10.6. The monoisotopic (exact) mass is 530 g/mol. The molecule has 0 aromatic rings. The van der Waals surface area contributed by atoms with Gasteiger partial charge in [-0.2, -0.15) is 0 Å². The second kappa shape index (κ2) is 10.3. The van der Waals surface area contributed by atoms with Gasteiger partial charge in [0.25, 0.3) is 0 Å². The Balaban J connectivity index is 1.27. The van der Waals surface area contributed by atoms with Crippen LogP contribution in [-0.4, -0.2) is 85.4 Å². The summed E-state index contributed by atoms with van der Waals surface area (Å²) in [5.41, 5.74) is 0.328. The number of carbonyl (C=O) groups is 2. The lowest BCUT2D eigenvalue weighted by molar-refractivity contribution is -0.182. The zero-order valence-electron chi connectivity index (χ0n) is 24.2. The summed E-state index contributed by atoms with van der Waals surface area (Å²) in [5, 5.41) is 0. The van der Waals surface area contributed by atoms with Crippen molar-refractivity contribution >= 4 is 11.9 Å². The second-order valence-electron chi connectivity index (χ2n) is 14.1. The quantitative estimate of drug-likeness (QED) is 0.503. The number of morpholine rings is 1. The van der Waals surface area contributed by atoms with Gasteiger partial charge in [-0.05, 0) is 100.0 Å². The number of likely N-dealkylation sites (tertiary alicyclic amines) is 1. The Kier molecular flexibility index (Phi) is 7.35. The molecule has 2 aliphatic heterocycles. The van der Waals surface area contributed by atoms with E-state index >= 15 is 0 Å². The van der Waals surface area contributed by atoms with E-state index in [0.29, 0.717) is 29.7 Å². The van der Waals surface area contributed by atoms with Crippen LogP contribution in [0.2, 0.25) is 0 Å². The van der Waals surface area contributed by atoms with Crippen molar-refractivity contribution in [1.29, 1.82) is 0 Å². The Hall–Kier alpha value is -1.18. The summed E-state index contributed by atoms with van der Waals surface area (Å²) in [7, 11) is 0. The van der Waals surface area contributed by atoms with Crippen molar-refractivity contribution in [3.05, 3.63) is 0 Å². The minimum Gasteiger partial charge on any atom is -0.461 e. The van der Waals surface area contributed by atoms with E-state index in [4.69, 9.17) is 14.2 Å². The van der Waals surface area contributed by atoms with Gasteiger partial charge in [-0.25, -0.2) is 0 Å². The summed E-state index contributed by atoms with van der Waals surface area (Å²) in [6, 6.07) is 0.660. The molecular formula is C31H50N2O5. The largest absolute Gasteiger partial charge is 0.461 e. The number of ether oxygens (including phenoxy) is 3. The van der Waals surface area contributed by atoms with E-state index in [1.54, 1.807) is 13.8 Å². The van der Waals surface area contributed by atoms with Gasteiger partial charge in [0.15, 0.2) is 0 Å². The Morgan fingerprint density at radius 1 is 0.789 bits per heavy atom. The molecule has 0 N–H and O–H groups in total. The fourth-order valence-electron chi connectivity index (χ4n) is 10.6. The molecule has 214 valence electrons. The number of rotatable bonds is 4. The van der Waals surface area contributed by atoms with Crippen molar-refractivity contribution in [3.63, 3.8) is 0 Å². The highest BCUT2D eigenvalue weighted by Crippen LogP contribution is 2.67. The maximum Gasteiger partial charge on any atom is 0.302 e. The Labute approximate surface area is 229 Å². The molecule has 0 aromatic carbocycles. The van der Waals surface area contributed by atoms with Crippen LogP contribution in [0, 0.1) is 34.5 Å². The molecule has 0 bridgehead atoms. The van der Waals surface area contributed by atoms with Crippen molar-refractivity contribution in [3.8, 4) is 0 Å². The van der Waals surface area contributed by atoms with E-state index in [-0.39, 0.29) is 41.0 Å². The van der Waals surface area contributed by atoms with Crippen molar-refractivity contribution in [1.82, 2.24) is 9.80 Å². The molecule has 2 saturated heterocycles. The molecule has 4 aliphatic carbocycles. The van der Waals surface area contributed by atoms with Crippen molar-refractivity contribution < 1.29 is 23.8 Å². The fraction of sp³-hybridized carbons (Fsp3) is 0.935. The third-order valence-electron chi connectivity index (χ3n) is 12.3. The summed E-state index contributed by atoms with van der Waals surface area (Å²) in [4.78, 5) is 29.6. The maximum atomic E-state index is 12.3. The molecule has 7 heteroatoms. The van der Waals surface area contributed by atoms with Gasteiger partial charge in [-0.1, -0.05) is 13.8 Å². The van der Waals surface area contributed by atoms with Gasteiger partial charge in [-0.3, -0.25) is 19.4 Å². The smallest absolute Gasteiger partial charge is 0.302 e. The lowest BCUT2D eigenvalue weighted by Gasteiger charge is -2.62. The Morgan fingerprint density at radius 3 is 2.16 bits per heavy atom. The third kappa shape index (κ3) is 4.52. The molecule has 2 heterocycles. The first kappa shape index (κ1) is 27.0. The van der Waals surface area contributed by atoms with Crippen LogP contribution in [0.15, 0.2) is 0 Å². The average molecular weight is 531 g/mol. The van der Waals surface area contributed by atoms with Crippen LogP contribution in [0.3, 0.4) is 0 Å². The average Bonchev–Trinajstić information content (AvgIpc) is 3.51. The molecular weight excluding hydrogens is 480 g/mol. The SMILES string of the molecule is CC(=O)O[C@H]1CC2CCC3C(CC[C@@]4(C)C3C[C@H](N3CCCC3)[C@@H]4OC(C)=O)[C@@]2(C)C[C@@H]1N1CCOCC1. The van der Waals surface area contributed by atoms with Crippen LogP contribution >= 0.6 is 0 Å². The van der Waals surface area contributed by atoms with Gasteiger partial charge in [0.05, 0.1) is 13.2 Å². The van der Waals surface area contributed by atoms with Gasteiger partial charge in [0.1, 0.15) is 12.2 Å². The van der Waals surface area contributed by atoms with E-state index in [0.717, 1.165) is 58.7 Å². The van der Waals surface area contributed by atoms with Crippen LogP contribution in [0.5, 0.6) is 0 Å². The van der Waals surface area contributed by atoms with Crippen LogP contribution in [0.25, 0.3) is 0 Å². The van der Waals surface area contributed by atoms with Gasteiger partial charge in [-0.15, -0.1) is 0 Å². The highest BCUT2D eigenvalue weighted by molar-refractivity contribution is 5.66. The Bertz CT molecular complexity index is 901. The molecule has 0 radical (unpaired) electrons. The summed E-state index contributed by atoms with van der Waals surface area (Å²) in [6.07, 6.45) is 10.7. The van der Waals surface area contributed by atoms with Gasteiger partial charge in [0, 0.05) is 44.4 Å². The normalized spacial score (nSPS) is 47.6. The highest BCUT2D eigenvalue weighted by atomic mass is 16.5. The summed E-state index contributed by atoms with van der Waals surface area (Å²) >= 11 is 0. The molecule has 6 aliphatic rings. The van der Waals surface area contributed by atoms with Crippen molar-refractivity contribution in [2.45, 2.75) is 110 Å². The number of hydrogen-bond acceptors (Lipinski definition) is 7. The minimum absolute atomic E-state index is 0.00606. The number of fused-ring (bicyclic) bond motifs is 5. The number of esters is 2. The van der Waals surface area contributed by atoms with Crippen LogP contribution in [0.4, 0.5) is 0 Å². The van der Waals surface area contributed by atoms with Crippen LogP contribution in [-0.2, 0) is 23.8 Å². The zero-order valence-corrected chi connectivity index (χ0v) is 24.2. The lowest BCUT2D eigenvalue weighted by atomic mass is 9.44. The van der Waals surface area contributed by atoms with E-state index in [1.807, 2.05) is 0 Å². The molecule has 6 rings (SSSR count). The van der Waals surface area contributed by atoms with Crippen LogP contribution in [0.1, 0.15) is 85.5 Å². The molecule has 0 spiro atoms. The molecule has 7 nitrogen and oxygen atoms in total. The first-order valence-corrected chi connectivity index (χ1v) is 15.6. The summed E-state index contributed by atoms with van der Waals surface area (Å²) < 4.78 is 17.9. The van der Waals surface area contributed by atoms with Crippen molar-refractivity contribution in [2.24, 2.45) is 34.5 Å². The van der Waals surface area contributed by atoms with Gasteiger partial charge >= 0.3 is 11.9 Å². The molecule has 0 aromatic heterocycles. The maximum absolute atomic E-state index is 12.3. The number of hydrogen-bond donors (Lipinski definition) is 0. The lowest BCUT2D eigenvalue weighted by Crippen LogP contribution is -2.61. The Morgan fingerprint density at radius 2 is 1.47 bits per heavy atom. The first-order valence-electron chi connectivity index (χ1n) is 15.6. The second-order valence-corrected chi connectivity index (χ2v) is 14.1. The minimum atomic E-state index is -0.144. The molecule has 0 amide bonds. The third-order valence-corrected chi connectivity index (χ3v) is 12.3. The molecule has 10 atom stereocenters. The van der Waals surface area contributed by atoms with Crippen LogP contribution < -0.4 is 0 Å². The van der Waals surface area contributed by atoms with E-state index < -0.39 is 0 Å². The van der Waals surface area contributed by atoms with E-state index in [2.05, 4.69) is 23.6 Å². The highest BCUT2D eigenvalue weighted by Gasteiger charge is 2.65. The zero-order chi connectivity index (χ0) is 26.7. The predicted molar refractivity (Wildman–Crippen MR) is 144 cm³/mol. The molecule has 6 fully saturated rings. The van der Waals surface area contributed by atoms with Crippen molar-refractivity contribution in [2.75, 3.05) is 39.4 Å². The van der Waals surface area contributed by atoms with Gasteiger partial charge in [0.2, 0.25) is 0 Å². The molecule has 4 saturated carbocycles. The van der Waals surface area contributed by atoms with E-state index in [9.17, 15) is 9.59 Å². The first-order chi connectivity index (χ1) is 18.2. The predicted octanol–water partition coefficient (Wildman–Crippen LogP) is 4.28. The number of carbonyl (C=O) groups excluding carboxylic acids is 2. The number of nitrogens with zero attached hydrogens (tertiary/aromatic N) is 2. The molecule has 4 unspecified atom stereocenters. The standard InChI is InChI=1S/C31H50N2O5/c1-20(34)37-28-17-22-7-8-23-24(31(22,4)19-27(28)33-13-15-36-16-14-33)9-10-30(3)25(23)18-26(29(30)38-21(2)35)32-11-5-6-12-32/h22-29H,5-19H2,1-4H3/t22?,23?,24?,25?,26-,27-,28-,29-,30-,31-/m0/s1. The van der Waals surface area contributed by atoms with Gasteiger partial charge < -0.3 is 14.2 Å². The molecule has 38 heavy (non-hydrogen) atoms. The summed E-state index contributed by atoms with van der Waals surface area (Å²) in [5.74, 6) is 2.34.